The van der Waals surface area contributed by atoms with E-state index in [9.17, 15) is 4.79 Å². The molecule has 0 atom stereocenters. The third-order valence-electron chi connectivity index (χ3n) is 2.75. The summed E-state index contributed by atoms with van der Waals surface area (Å²) >= 11 is 5.95. The van der Waals surface area contributed by atoms with Gasteiger partial charge < -0.3 is 15.5 Å². The van der Waals surface area contributed by atoms with Crippen LogP contribution in [0.25, 0.3) is 0 Å². The van der Waals surface area contributed by atoms with Gasteiger partial charge in [-0.3, -0.25) is 4.79 Å². The van der Waals surface area contributed by atoms with E-state index in [0.717, 1.165) is 5.56 Å². The van der Waals surface area contributed by atoms with E-state index in [4.69, 9.17) is 22.1 Å². The molecule has 0 radical (unpaired) electrons. The number of halogens is 1. The number of rotatable bonds is 5. The highest BCUT2D eigenvalue weighted by molar-refractivity contribution is 6.31. The summed E-state index contributed by atoms with van der Waals surface area (Å²) in [6.45, 7) is 2.54. The van der Waals surface area contributed by atoms with Gasteiger partial charge in [-0.2, -0.15) is 0 Å². The molecule has 6 heteroatoms. The summed E-state index contributed by atoms with van der Waals surface area (Å²) in [6.07, 6.45) is 0.566. The van der Waals surface area contributed by atoms with Gasteiger partial charge >= 0.3 is 0 Å². The molecule has 1 heterocycles. The normalized spacial score (nSPS) is 10.6. The first-order chi connectivity index (χ1) is 9.58. The van der Waals surface area contributed by atoms with E-state index in [2.05, 4.69) is 9.97 Å². The average Bonchev–Trinajstić information content (AvgIpc) is 2.40. The van der Waals surface area contributed by atoms with Crippen LogP contribution in [0.2, 0.25) is 5.02 Å². The molecule has 3 N–H and O–H groups in total. The van der Waals surface area contributed by atoms with E-state index in [-0.39, 0.29) is 12.2 Å². The van der Waals surface area contributed by atoms with Crippen molar-refractivity contribution < 1.29 is 4.74 Å². The number of hydrogen-bond donors (Lipinski definition) is 2. The van der Waals surface area contributed by atoms with Gasteiger partial charge in [-0.15, -0.1) is 0 Å². The molecule has 20 heavy (non-hydrogen) atoms. The lowest BCUT2D eigenvalue weighted by molar-refractivity contribution is 0.294. The number of nitrogens with zero attached hydrogens (tertiary/aromatic N) is 1. The van der Waals surface area contributed by atoms with Gasteiger partial charge in [0.15, 0.2) is 0 Å². The van der Waals surface area contributed by atoms with Gasteiger partial charge in [0.25, 0.3) is 5.56 Å². The molecular formula is C14H16ClN3O2. The van der Waals surface area contributed by atoms with Gasteiger partial charge in [0.1, 0.15) is 18.2 Å². The van der Waals surface area contributed by atoms with Crippen molar-refractivity contribution in [2.45, 2.75) is 20.0 Å². The maximum atomic E-state index is 11.5. The highest BCUT2D eigenvalue weighted by Gasteiger charge is 2.03. The van der Waals surface area contributed by atoms with Crippen molar-refractivity contribution in [3.05, 3.63) is 56.7 Å². The number of H-pyrrole nitrogens is 1. The molecule has 0 saturated carbocycles. The molecular weight excluding hydrogens is 278 g/mol. The van der Waals surface area contributed by atoms with Gasteiger partial charge in [0, 0.05) is 23.2 Å². The van der Waals surface area contributed by atoms with Crippen LogP contribution in [-0.4, -0.2) is 16.5 Å². The Morgan fingerprint density at radius 3 is 2.90 bits per heavy atom. The van der Waals surface area contributed by atoms with E-state index in [0.29, 0.717) is 35.3 Å². The Hall–Kier alpha value is -1.85. The molecule has 5 nitrogen and oxygen atoms in total. The average molecular weight is 294 g/mol. The van der Waals surface area contributed by atoms with Gasteiger partial charge in [0.05, 0.1) is 0 Å². The minimum absolute atomic E-state index is 0.189. The predicted molar refractivity (Wildman–Crippen MR) is 78.1 cm³/mol. The molecule has 0 spiro atoms. The Morgan fingerprint density at radius 1 is 1.40 bits per heavy atom. The molecule has 0 aliphatic rings. The summed E-state index contributed by atoms with van der Waals surface area (Å²) in [5.74, 6) is 1.16. The number of nitrogens with one attached hydrogen (secondary N) is 1. The topological polar surface area (TPSA) is 81.0 Å². The maximum Gasteiger partial charge on any atom is 0.251 e. The zero-order chi connectivity index (χ0) is 14.5. The number of aromatic amines is 1. The van der Waals surface area contributed by atoms with E-state index in [1.54, 1.807) is 12.1 Å². The highest BCUT2D eigenvalue weighted by Crippen LogP contribution is 2.21. The molecule has 0 unspecified atom stereocenters. The van der Waals surface area contributed by atoms with Crippen LogP contribution in [0.3, 0.4) is 0 Å². The van der Waals surface area contributed by atoms with Crippen LogP contribution < -0.4 is 16.0 Å². The quantitative estimate of drug-likeness (QED) is 0.881. The lowest BCUT2D eigenvalue weighted by Crippen LogP contribution is -2.16. The van der Waals surface area contributed by atoms with Crippen LogP contribution in [0.5, 0.6) is 5.75 Å². The van der Waals surface area contributed by atoms with E-state index < -0.39 is 0 Å². The number of aryl methyl sites for hydroxylation is 1. The van der Waals surface area contributed by atoms with E-state index in [1.165, 1.54) is 6.07 Å². The number of nitrogens with two attached hydrogens (primary N) is 1. The molecule has 2 aromatic rings. The Kier molecular flexibility index (Phi) is 4.76. The van der Waals surface area contributed by atoms with Crippen molar-refractivity contribution >= 4 is 11.6 Å². The fourth-order valence-electron chi connectivity index (χ4n) is 1.77. The first-order valence-corrected chi connectivity index (χ1v) is 6.64. The molecule has 0 saturated heterocycles. The standard InChI is InChI=1S/C14H16ClN3O2/c1-9-6-11(2-3-12(9)15)20-8-13-17-10(4-5-16)7-14(19)18-13/h2-3,6-7H,4-5,8,16H2,1H3,(H,17,18,19). The molecule has 0 aliphatic heterocycles. The molecule has 0 amide bonds. The van der Waals surface area contributed by atoms with Crippen molar-refractivity contribution in [1.82, 2.24) is 9.97 Å². The monoisotopic (exact) mass is 293 g/mol. The lowest BCUT2D eigenvalue weighted by Gasteiger charge is -2.08. The molecule has 1 aromatic heterocycles. The summed E-state index contributed by atoms with van der Waals surface area (Å²) in [5.41, 5.74) is 6.86. The Morgan fingerprint density at radius 2 is 2.20 bits per heavy atom. The van der Waals surface area contributed by atoms with Gasteiger partial charge in [0.2, 0.25) is 0 Å². The summed E-state index contributed by atoms with van der Waals surface area (Å²) in [7, 11) is 0. The first-order valence-electron chi connectivity index (χ1n) is 6.26. The molecule has 106 valence electrons. The second-order valence-electron chi connectivity index (χ2n) is 4.42. The summed E-state index contributed by atoms with van der Waals surface area (Å²) in [5, 5.41) is 0.689. The third-order valence-corrected chi connectivity index (χ3v) is 3.17. The molecule has 0 fully saturated rings. The van der Waals surface area contributed by atoms with Crippen LogP contribution in [0, 0.1) is 6.92 Å². The lowest BCUT2D eigenvalue weighted by atomic mass is 10.2. The second-order valence-corrected chi connectivity index (χ2v) is 4.83. The van der Waals surface area contributed by atoms with Crippen LogP contribution in [0.4, 0.5) is 0 Å². The van der Waals surface area contributed by atoms with Gasteiger partial charge in [-0.1, -0.05) is 11.6 Å². The third kappa shape index (κ3) is 3.82. The van der Waals surface area contributed by atoms with Crippen LogP contribution in [-0.2, 0) is 13.0 Å². The van der Waals surface area contributed by atoms with E-state index in [1.807, 2.05) is 13.0 Å². The predicted octanol–water partition coefficient (Wildman–Crippen LogP) is 1.81. The smallest absolute Gasteiger partial charge is 0.251 e. The minimum atomic E-state index is -0.200. The van der Waals surface area contributed by atoms with Crippen molar-refractivity contribution in [2.24, 2.45) is 5.73 Å². The van der Waals surface area contributed by atoms with Gasteiger partial charge in [-0.05, 0) is 37.2 Å². The van der Waals surface area contributed by atoms with Crippen LogP contribution in [0.15, 0.2) is 29.1 Å². The second kappa shape index (κ2) is 6.54. The van der Waals surface area contributed by atoms with E-state index >= 15 is 0 Å². The Labute approximate surface area is 121 Å². The number of hydrogen-bond acceptors (Lipinski definition) is 4. The van der Waals surface area contributed by atoms with Crippen molar-refractivity contribution in [1.29, 1.82) is 0 Å². The van der Waals surface area contributed by atoms with Crippen molar-refractivity contribution in [3.63, 3.8) is 0 Å². The fourth-order valence-corrected chi connectivity index (χ4v) is 1.88. The summed E-state index contributed by atoms with van der Waals surface area (Å²) in [4.78, 5) is 18.4. The highest BCUT2D eigenvalue weighted by atomic mass is 35.5. The molecule has 0 bridgehead atoms. The van der Waals surface area contributed by atoms with Crippen LogP contribution in [0.1, 0.15) is 17.1 Å². The maximum absolute atomic E-state index is 11.5. The zero-order valence-corrected chi connectivity index (χ0v) is 11.9. The van der Waals surface area contributed by atoms with Crippen molar-refractivity contribution in [2.75, 3.05) is 6.54 Å². The SMILES string of the molecule is Cc1cc(OCc2nc(CCN)cc(=O)[nH]2)ccc1Cl. The molecule has 0 aliphatic carbocycles. The largest absolute Gasteiger partial charge is 0.486 e. The summed E-state index contributed by atoms with van der Waals surface area (Å²) in [6, 6.07) is 6.83. The number of aromatic nitrogens is 2. The minimum Gasteiger partial charge on any atom is -0.486 e. The number of ether oxygens (including phenoxy) is 1. The number of benzene rings is 1. The molecule has 1 aromatic carbocycles. The Bertz CT molecular complexity index is 655. The van der Waals surface area contributed by atoms with Crippen molar-refractivity contribution in [3.8, 4) is 5.75 Å². The summed E-state index contributed by atoms with van der Waals surface area (Å²) < 4.78 is 5.59. The first kappa shape index (κ1) is 14.6. The zero-order valence-electron chi connectivity index (χ0n) is 11.1. The van der Waals surface area contributed by atoms with Gasteiger partial charge in [-0.25, -0.2) is 4.98 Å². The molecule has 2 rings (SSSR count). The van der Waals surface area contributed by atoms with Crippen LogP contribution >= 0.6 is 11.6 Å². The Balaban J connectivity index is 2.10. The fraction of sp³-hybridized carbons (Fsp3) is 0.286.